The van der Waals surface area contributed by atoms with E-state index in [9.17, 15) is 9.18 Å². The highest BCUT2D eigenvalue weighted by Gasteiger charge is 2.15. The molecule has 0 saturated carbocycles. The van der Waals surface area contributed by atoms with E-state index in [-0.39, 0.29) is 18.0 Å². The molecule has 0 fully saturated rings. The van der Waals surface area contributed by atoms with Crippen molar-refractivity contribution in [2.24, 2.45) is 0 Å². The SMILES string of the molecule is COCCOc1cc(NC(=O)O)c(N)cc1-c1ccccc1F. The van der Waals surface area contributed by atoms with Gasteiger partial charge in [-0.05, 0) is 12.1 Å². The number of nitrogens with one attached hydrogen (secondary N) is 1. The van der Waals surface area contributed by atoms with Crippen LogP contribution in [0.25, 0.3) is 11.1 Å². The van der Waals surface area contributed by atoms with Crippen LogP contribution in [-0.4, -0.2) is 31.5 Å². The van der Waals surface area contributed by atoms with Crippen LogP contribution in [0.3, 0.4) is 0 Å². The first-order valence-electron chi connectivity index (χ1n) is 6.83. The van der Waals surface area contributed by atoms with E-state index >= 15 is 0 Å². The van der Waals surface area contributed by atoms with Crippen molar-refractivity contribution in [3.63, 3.8) is 0 Å². The second-order valence-corrected chi connectivity index (χ2v) is 4.69. The topological polar surface area (TPSA) is 93.8 Å². The minimum atomic E-state index is -1.25. The van der Waals surface area contributed by atoms with Crippen molar-refractivity contribution in [2.75, 3.05) is 31.4 Å². The number of carboxylic acid groups (broad SMARTS) is 1. The van der Waals surface area contributed by atoms with Crippen LogP contribution in [0, 0.1) is 5.82 Å². The zero-order valence-electron chi connectivity index (χ0n) is 12.5. The van der Waals surface area contributed by atoms with Gasteiger partial charge in [0.15, 0.2) is 0 Å². The van der Waals surface area contributed by atoms with Crippen molar-refractivity contribution in [2.45, 2.75) is 0 Å². The molecule has 0 bridgehead atoms. The predicted octanol–water partition coefficient (Wildman–Crippen LogP) is 3.19. The van der Waals surface area contributed by atoms with Crippen molar-refractivity contribution in [3.05, 3.63) is 42.2 Å². The van der Waals surface area contributed by atoms with Gasteiger partial charge in [-0.15, -0.1) is 0 Å². The Balaban J connectivity index is 2.48. The van der Waals surface area contributed by atoms with Crippen molar-refractivity contribution in [1.29, 1.82) is 0 Å². The summed E-state index contributed by atoms with van der Waals surface area (Å²) in [6.07, 6.45) is -1.25. The summed E-state index contributed by atoms with van der Waals surface area (Å²) in [7, 11) is 1.53. The summed E-state index contributed by atoms with van der Waals surface area (Å²) in [5.41, 5.74) is 6.95. The zero-order valence-corrected chi connectivity index (χ0v) is 12.5. The Morgan fingerprint density at radius 2 is 2.00 bits per heavy atom. The van der Waals surface area contributed by atoms with Gasteiger partial charge in [-0.3, -0.25) is 5.32 Å². The Morgan fingerprint density at radius 3 is 2.65 bits per heavy atom. The number of nitrogen functional groups attached to an aromatic ring is 1. The summed E-state index contributed by atoms with van der Waals surface area (Å²) >= 11 is 0. The third-order valence-corrected chi connectivity index (χ3v) is 3.10. The van der Waals surface area contributed by atoms with Gasteiger partial charge < -0.3 is 20.3 Å². The molecule has 1 amide bonds. The van der Waals surface area contributed by atoms with E-state index in [1.165, 1.54) is 25.3 Å². The van der Waals surface area contributed by atoms with E-state index in [2.05, 4.69) is 5.32 Å². The quantitative estimate of drug-likeness (QED) is 0.561. The maximum Gasteiger partial charge on any atom is 0.409 e. The van der Waals surface area contributed by atoms with Crippen molar-refractivity contribution >= 4 is 17.5 Å². The number of nitrogens with two attached hydrogens (primary N) is 1. The number of amides is 1. The fraction of sp³-hybridized carbons (Fsp3) is 0.188. The third-order valence-electron chi connectivity index (χ3n) is 3.10. The first-order valence-corrected chi connectivity index (χ1v) is 6.83. The zero-order chi connectivity index (χ0) is 16.8. The van der Waals surface area contributed by atoms with Crippen LogP contribution in [0.15, 0.2) is 36.4 Å². The standard InChI is InChI=1S/C16H17FN2O4/c1-22-6-7-23-15-9-14(19-16(20)21)13(18)8-11(15)10-4-2-3-5-12(10)17/h2-5,8-9,19H,6-7,18H2,1H3,(H,20,21). The molecular weight excluding hydrogens is 303 g/mol. The molecule has 2 rings (SSSR count). The smallest absolute Gasteiger partial charge is 0.409 e. The molecule has 0 radical (unpaired) electrons. The Hall–Kier alpha value is -2.80. The molecule has 2 aromatic rings. The van der Waals surface area contributed by atoms with Crippen molar-refractivity contribution in [3.8, 4) is 16.9 Å². The summed E-state index contributed by atoms with van der Waals surface area (Å²) < 4.78 is 24.6. The lowest BCUT2D eigenvalue weighted by Crippen LogP contribution is -2.11. The van der Waals surface area contributed by atoms with Gasteiger partial charge in [0.05, 0.1) is 18.0 Å². The van der Waals surface area contributed by atoms with E-state index in [1.807, 2.05) is 0 Å². The predicted molar refractivity (Wildman–Crippen MR) is 85.3 cm³/mol. The largest absolute Gasteiger partial charge is 0.490 e. The average Bonchev–Trinajstić information content (AvgIpc) is 2.50. The number of hydrogen-bond donors (Lipinski definition) is 3. The van der Waals surface area contributed by atoms with Gasteiger partial charge in [-0.2, -0.15) is 0 Å². The Labute approximate surface area is 132 Å². The minimum absolute atomic E-state index is 0.171. The van der Waals surface area contributed by atoms with Crippen molar-refractivity contribution in [1.82, 2.24) is 0 Å². The molecule has 122 valence electrons. The minimum Gasteiger partial charge on any atom is -0.490 e. The number of methoxy groups -OCH3 is 1. The number of anilines is 2. The number of carbonyl (C=O) groups is 1. The summed E-state index contributed by atoms with van der Waals surface area (Å²) in [5.74, 6) is -0.118. The number of benzene rings is 2. The summed E-state index contributed by atoms with van der Waals surface area (Å²) in [5, 5.41) is 11.0. The first kappa shape index (κ1) is 16.6. The number of halogens is 1. The molecule has 0 aromatic heterocycles. The monoisotopic (exact) mass is 320 g/mol. The Kier molecular flexibility index (Phi) is 5.37. The molecule has 0 aliphatic heterocycles. The Morgan fingerprint density at radius 1 is 1.26 bits per heavy atom. The van der Waals surface area contributed by atoms with Gasteiger partial charge in [0.25, 0.3) is 0 Å². The number of ether oxygens (including phenoxy) is 2. The van der Waals surface area contributed by atoms with Crippen LogP contribution in [-0.2, 0) is 4.74 Å². The molecular formula is C16H17FN2O4. The maximum absolute atomic E-state index is 14.1. The molecule has 0 heterocycles. The van der Waals surface area contributed by atoms with Crippen LogP contribution in [0.2, 0.25) is 0 Å². The van der Waals surface area contributed by atoms with Gasteiger partial charge in [-0.1, -0.05) is 18.2 Å². The van der Waals surface area contributed by atoms with Crippen LogP contribution in [0.1, 0.15) is 0 Å². The Bertz CT molecular complexity index is 706. The van der Waals surface area contributed by atoms with Crippen LogP contribution in [0.5, 0.6) is 5.75 Å². The molecule has 2 aromatic carbocycles. The van der Waals surface area contributed by atoms with Crippen molar-refractivity contribution < 1.29 is 23.8 Å². The lowest BCUT2D eigenvalue weighted by molar-refractivity contribution is 0.146. The number of rotatable bonds is 6. The fourth-order valence-corrected chi connectivity index (χ4v) is 2.06. The average molecular weight is 320 g/mol. The van der Waals surface area contributed by atoms with E-state index in [0.29, 0.717) is 23.5 Å². The second kappa shape index (κ2) is 7.46. The molecule has 0 aliphatic rings. The van der Waals surface area contributed by atoms with Gasteiger partial charge >= 0.3 is 6.09 Å². The molecule has 6 nitrogen and oxygen atoms in total. The number of hydrogen-bond acceptors (Lipinski definition) is 4. The van der Waals surface area contributed by atoms with E-state index < -0.39 is 11.9 Å². The first-order chi connectivity index (χ1) is 11.0. The normalized spacial score (nSPS) is 10.3. The van der Waals surface area contributed by atoms with E-state index in [0.717, 1.165) is 0 Å². The highest BCUT2D eigenvalue weighted by atomic mass is 19.1. The van der Waals surface area contributed by atoms with Gasteiger partial charge in [0.1, 0.15) is 18.2 Å². The molecule has 0 saturated heterocycles. The highest BCUT2D eigenvalue weighted by Crippen LogP contribution is 2.37. The molecule has 4 N–H and O–H groups in total. The van der Waals surface area contributed by atoms with Gasteiger partial charge in [0, 0.05) is 24.3 Å². The third kappa shape index (κ3) is 4.10. The summed E-state index contributed by atoms with van der Waals surface area (Å²) in [4.78, 5) is 10.8. The molecule has 0 atom stereocenters. The van der Waals surface area contributed by atoms with E-state index in [1.54, 1.807) is 18.2 Å². The molecule has 7 heteroatoms. The maximum atomic E-state index is 14.1. The lowest BCUT2D eigenvalue weighted by atomic mass is 10.0. The van der Waals surface area contributed by atoms with Gasteiger partial charge in [-0.25, -0.2) is 9.18 Å². The summed E-state index contributed by atoms with van der Waals surface area (Å²) in [6, 6.07) is 9.10. The fourth-order valence-electron chi connectivity index (χ4n) is 2.06. The lowest BCUT2D eigenvalue weighted by Gasteiger charge is -2.16. The molecule has 23 heavy (non-hydrogen) atoms. The highest BCUT2D eigenvalue weighted by molar-refractivity contribution is 5.91. The molecule has 0 aliphatic carbocycles. The molecule has 0 unspecified atom stereocenters. The summed E-state index contributed by atoms with van der Waals surface area (Å²) in [6.45, 7) is 0.567. The van der Waals surface area contributed by atoms with Crippen LogP contribution in [0.4, 0.5) is 20.6 Å². The molecule has 0 spiro atoms. The van der Waals surface area contributed by atoms with E-state index in [4.69, 9.17) is 20.3 Å². The van der Waals surface area contributed by atoms with Crippen LogP contribution >= 0.6 is 0 Å². The second-order valence-electron chi connectivity index (χ2n) is 4.69. The van der Waals surface area contributed by atoms with Gasteiger partial charge in [0.2, 0.25) is 0 Å². The van der Waals surface area contributed by atoms with Crippen LogP contribution < -0.4 is 15.8 Å².